The number of ether oxygens (including phenoxy) is 1. The summed E-state index contributed by atoms with van der Waals surface area (Å²) in [5.74, 6) is 0.330. The average molecular weight is 431 g/mol. The van der Waals surface area contributed by atoms with E-state index in [4.69, 9.17) is 27.9 Å². The molecule has 1 aliphatic rings. The molecule has 0 spiro atoms. The Balaban J connectivity index is 1.67. The molecule has 0 aliphatic carbocycles. The largest absolute Gasteiger partial charge is 0.505 e. The fraction of sp³-hybridized carbons (Fsp3) is 0.333. The van der Waals surface area contributed by atoms with Crippen molar-refractivity contribution in [3.63, 3.8) is 0 Å². The predicted octanol–water partition coefficient (Wildman–Crippen LogP) is 3.21. The van der Waals surface area contributed by atoms with Crippen LogP contribution in [0.2, 0.25) is 10.0 Å². The van der Waals surface area contributed by atoms with Crippen LogP contribution < -0.4 is 4.74 Å². The second-order valence-corrected chi connectivity index (χ2v) is 9.01. The van der Waals surface area contributed by atoms with Gasteiger partial charge >= 0.3 is 0 Å². The van der Waals surface area contributed by atoms with Crippen LogP contribution >= 0.6 is 23.2 Å². The number of phenols is 1. The van der Waals surface area contributed by atoms with Crippen LogP contribution in [0.15, 0.2) is 41.3 Å². The second kappa shape index (κ2) is 8.24. The average Bonchev–Trinajstić information content (AvgIpc) is 2.65. The van der Waals surface area contributed by atoms with Crippen LogP contribution in [0.3, 0.4) is 0 Å². The highest BCUT2D eigenvalue weighted by Crippen LogP contribution is 2.36. The van der Waals surface area contributed by atoms with E-state index in [0.717, 1.165) is 17.9 Å². The summed E-state index contributed by atoms with van der Waals surface area (Å²) in [6.45, 7) is 2.54. The van der Waals surface area contributed by atoms with E-state index in [1.54, 1.807) is 7.11 Å². The van der Waals surface area contributed by atoms with Gasteiger partial charge < -0.3 is 9.84 Å². The first-order valence-electron chi connectivity index (χ1n) is 8.34. The summed E-state index contributed by atoms with van der Waals surface area (Å²) in [5.41, 5.74) is 1.13. The Morgan fingerprint density at radius 2 is 1.70 bits per heavy atom. The number of hydrogen-bond donors (Lipinski definition) is 1. The number of aromatic hydroxyl groups is 1. The Labute approximate surface area is 168 Å². The zero-order valence-corrected chi connectivity index (χ0v) is 17.1. The third kappa shape index (κ3) is 4.50. The summed E-state index contributed by atoms with van der Waals surface area (Å²) in [4.78, 5) is 1.92. The van der Waals surface area contributed by atoms with Crippen molar-refractivity contribution in [2.24, 2.45) is 0 Å². The molecule has 1 fully saturated rings. The van der Waals surface area contributed by atoms with Crippen LogP contribution in [-0.4, -0.2) is 56.0 Å². The summed E-state index contributed by atoms with van der Waals surface area (Å²) >= 11 is 11.8. The van der Waals surface area contributed by atoms with Crippen molar-refractivity contribution in [1.29, 1.82) is 0 Å². The first-order valence-corrected chi connectivity index (χ1v) is 10.5. The maximum absolute atomic E-state index is 12.9. The number of sulfonamides is 1. The Hall–Kier alpha value is -1.51. The predicted molar refractivity (Wildman–Crippen MR) is 105 cm³/mol. The molecule has 0 bridgehead atoms. The summed E-state index contributed by atoms with van der Waals surface area (Å²) in [7, 11) is -2.25. The number of phenolic OH excluding ortho intramolecular Hbond substituents is 1. The molecule has 0 radical (unpaired) electrons. The SMILES string of the molecule is COc1ccc(CN2CCN(S(=O)(=O)c3cc(Cl)cc(Cl)c3O)CC2)cc1. The first-order chi connectivity index (χ1) is 12.8. The van der Waals surface area contributed by atoms with Gasteiger partial charge in [0.1, 0.15) is 10.6 Å². The Morgan fingerprint density at radius 1 is 1.07 bits per heavy atom. The lowest BCUT2D eigenvalue weighted by atomic mass is 10.2. The third-order valence-electron chi connectivity index (χ3n) is 4.51. The second-order valence-electron chi connectivity index (χ2n) is 6.26. The molecule has 0 unspecified atom stereocenters. The highest BCUT2D eigenvalue weighted by molar-refractivity contribution is 7.89. The lowest BCUT2D eigenvalue weighted by Gasteiger charge is -2.34. The zero-order valence-electron chi connectivity index (χ0n) is 14.7. The number of rotatable bonds is 5. The molecule has 1 heterocycles. The Morgan fingerprint density at radius 3 is 2.30 bits per heavy atom. The van der Waals surface area contributed by atoms with Gasteiger partial charge in [0.05, 0.1) is 12.1 Å². The standard InChI is InChI=1S/C18H20Cl2N2O4S/c1-26-15-4-2-13(3-5-15)12-21-6-8-22(9-7-21)27(24,25)17-11-14(19)10-16(20)18(17)23/h2-5,10-11,23H,6-9,12H2,1H3. The van der Waals surface area contributed by atoms with Crippen molar-refractivity contribution in [2.45, 2.75) is 11.4 Å². The fourth-order valence-corrected chi connectivity index (χ4v) is 5.16. The third-order valence-corrected chi connectivity index (χ3v) is 6.93. The quantitative estimate of drug-likeness (QED) is 0.788. The van der Waals surface area contributed by atoms with Crippen LogP contribution in [0.4, 0.5) is 0 Å². The normalized spacial score (nSPS) is 16.4. The smallest absolute Gasteiger partial charge is 0.246 e. The van der Waals surface area contributed by atoms with Crippen molar-refractivity contribution in [2.75, 3.05) is 33.3 Å². The van der Waals surface area contributed by atoms with Gasteiger partial charge in [-0.15, -0.1) is 0 Å². The van der Waals surface area contributed by atoms with Gasteiger partial charge in [-0.25, -0.2) is 8.42 Å². The molecule has 1 aliphatic heterocycles. The molecule has 9 heteroatoms. The first kappa shape index (κ1) is 20.2. The maximum Gasteiger partial charge on any atom is 0.246 e. The van der Waals surface area contributed by atoms with Crippen molar-refractivity contribution >= 4 is 33.2 Å². The van der Waals surface area contributed by atoms with E-state index in [0.29, 0.717) is 26.2 Å². The molecule has 0 aromatic heterocycles. The summed E-state index contributed by atoms with van der Waals surface area (Å²) in [5, 5.41) is 10.1. The molecular formula is C18H20Cl2N2O4S. The van der Waals surface area contributed by atoms with Gasteiger partial charge in [-0.2, -0.15) is 4.31 Å². The van der Waals surface area contributed by atoms with Crippen LogP contribution in [0.5, 0.6) is 11.5 Å². The minimum atomic E-state index is -3.87. The number of halogens is 2. The summed E-state index contributed by atoms with van der Waals surface area (Å²) < 4.78 is 32.2. The summed E-state index contributed by atoms with van der Waals surface area (Å²) in [6.07, 6.45) is 0. The highest BCUT2D eigenvalue weighted by atomic mass is 35.5. The lowest BCUT2D eigenvalue weighted by molar-refractivity contribution is 0.181. The summed E-state index contributed by atoms with van der Waals surface area (Å²) in [6, 6.07) is 10.3. The molecule has 0 atom stereocenters. The molecule has 27 heavy (non-hydrogen) atoms. The molecule has 0 saturated carbocycles. The molecule has 1 saturated heterocycles. The van der Waals surface area contributed by atoms with Crippen LogP contribution in [0.1, 0.15) is 5.56 Å². The minimum absolute atomic E-state index is 0.0841. The van der Waals surface area contributed by atoms with Crippen molar-refractivity contribution in [3.8, 4) is 11.5 Å². The van der Waals surface area contributed by atoms with Crippen LogP contribution in [0.25, 0.3) is 0 Å². The number of methoxy groups -OCH3 is 1. The highest BCUT2D eigenvalue weighted by Gasteiger charge is 2.31. The molecule has 0 amide bonds. The monoisotopic (exact) mass is 430 g/mol. The van der Waals surface area contributed by atoms with E-state index in [-0.39, 0.29) is 14.9 Å². The molecular weight excluding hydrogens is 411 g/mol. The molecule has 1 N–H and O–H groups in total. The fourth-order valence-electron chi connectivity index (χ4n) is 3.00. The number of nitrogens with zero attached hydrogens (tertiary/aromatic N) is 2. The van der Waals surface area contributed by atoms with E-state index in [2.05, 4.69) is 4.90 Å². The van der Waals surface area contributed by atoms with Gasteiger partial charge in [0, 0.05) is 37.7 Å². The van der Waals surface area contributed by atoms with E-state index in [1.807, 2.05) is 24.3 Å². The van der Waals surface area contributed by atoms with Crippen molar-refractivity contribution < 1.29 is 18.3 Å². The van der Waals surface area contributed by atoms with Gasteiger partial charge in [-0.1, -0.05) is 35.3 Å². The lowest BCUT2D eigenvalue weighted by Crippen LogP contribution is -2.48. The molecule has 2 aromatic rings. The Bertz CT molecular complexity index is 912. The van der Waals surface area contributed by atoms with Crippen molar-refractivity contribution in [1.82, 2.24) is 9.21 Å². The van der Waals surface area contributed by atoms with E-state index >= 15 is 0 Å². The number of hydrogen-bond acceptors (Lipinski definition) is 5. The van der Waals surface area contributed by atoms with Crippen LogP contribution in [-0.2, 0) is 16.6 Å². The van der Waals surface area contributed by atoms with Gasteiger partial charge in [0.2, 0.25) is 10.0 Å². The zero-order chi connectivity index (χ0) is 19.6. The van der Waals surface area contributed by atoms with Crippen LogP contribution in [0, 0.1) is 0 Å². The molecule has 146 valence electrons. The molecule has 2 aromatic carbocycles. The number of benzene rings is 2. The van der Waals surface area contributed by atoms with Crippen molar-refractivity contribution in [3.05, 3.63) is 52.0 Å². The van der Waals surface area contributed by atoms with E-state index in [1.165, 1.54) is 16.4 Å². The van der Waals surface area contributed by atoms with Gasteiger partial charge in [-0.3, -0.25) is 4.90 Å². The minimum Gasteiger partial charge on any atom is -0.505 e. The van der Waals surface area contributed by atoms with E-state index < -0.39 is 15.8 Å². The number of piperazine rings is 1. The topological polar surface area (TPSA) is 70.1 Å². The van der Waals surface area contributed by atoms with Gasteiger partial charge in [-0.05, 0) is 29.8 Å². The molecule has 3 rings (SSSR count). The van der Waals surface area contributed by atoms with Gasteiger partial charge in [0.15, 0.2) is 5.75 Å². The van der Waals surface area contributed by atoms with E-state index in [9.17, 15) is 13.5 Å². The molecule has 6 nitrogen and oxygen atoms in total. The Kier molecular flexibility index (Phi) is 6.18. The maximum atomic E-state index is 12.9. The van der Waals surface area contributed by atoms with Gasteiger partial charge in [0.25, 0.3) is 0 Å².